The molecular formula is C15H21ClN2O3. The molecule has 0 bridgehead atoms. The summed E-state index contributed by atoms with van der Waals surface area (Å²) in [6, 6.07) is 5.91. The highest BCUT2D eigenvalue weighted by Gasteiger charge is 2.22. The number of hydrogen-bond acceptors (Lipinski definition) is 2. The Morgan fingerprint density at radius 2 is 2.05 bits per heavy atom. The summed E-state index contributed by atoms with van der Waals surface area (Å²) in [7, 11) is 1.62. The summed E-state index contributed by atoms with van der Waals surface area (Å²) in [5.41, 5.74) is 0.885. The molecule has 6 heteroatoms. The van der Waals surface area contributed by atoms with E-state index in [1.54, 1.807) is 19.2 Å². The van der Waals surface area contributed by atoms with E-state index in [2.05, 4.69) is 5.32 Å². The maximum absolute atomic E-state index is 12.0. The number of aliphatic carboxylic acids is 1. The summed E-state index contributed by atoms with van der Waals surface area (Å²) in [6.45, 7) is 4.19. The normalized spacial score (nSPS) is 12.0. The highest BCUT2D eigenvalue weighted by molar-refractivity contribution is 6.30. The number of rotatable bonds is 6. The van der Waals surface area contributed by atoms with Crippen LogP contribution in [-0.4, -0.2) is 35.1 Å². The van der Waals surface area contributed by atoms with Crippen molar-refractivity contribution < 1.29 is 14.7 Å². The molecule has 1 rings (SSSR count). The quantitative estimate of drug-likeness (QED) is 0.848. The van der Waals surface area contributed by atoms with Crippen LogP contribution >= 0.6 is 11.6 Å². The summed E-state index contributed by atoms with van der Waals surface area (Å²) >= 11 is 5.89. The van der Waals surface area contributed by atoms with Gasteiger partial charge in [-0.05, 0) is 30.0 Å². The fourth-order valence-corrected chi connectivity index (χ4v) is 2.15. The molecule has 1 atom stereocenters. The third-order valence-corrected chi connectivity index (χ3v) is 3.19. The fourth-order valence-electron chi connectivity index (χ4n) is 1.93. The van der Waals surface area contributed by atoms with Crippen molar-refractivity contribution in [3.05, 3.63) is 34.9 Å². The molecule has 0 aromatic heterocycles. The molecular weight excluding hydrogens is 292 g/mol. The highest BCUT2D eigenvalue weighted by atomic mass is 35.5. The van der Waals surface area contributed by atoms with E-state index in [4.69, 9.17) is 16.7 Å². The minimum Gasteiger partial charge on any atom is -0.480 e. The van der Waals surface area contributed by atoms with Crippen molar-refractivity contribution in [2.75, 3.05) is 7.05 Å². The van der Waals surface area contributed by atoms with Crippen LogP contribution in [-0.2, 0) is 11.3 Å². The van der Waals surface area contributed by atoms with Gasteiger partial charge in [-0.2, -0.15) is 0 Å². The molecule has 0 aliphatic heterocycles. The lowest BCUT2D eigenvalue weighted by molar-refractivity contribution is -0.139. The molecule has 0 heterocycles. The number of carboxylic acid groups (broad SMARTS) is 1. The van der Waals surface area contributed by atoms with Crippen LogP contribution in [0.3, 0.4) is 0 Å². The van der Waals surface area contributed by atoms with Gasteiger partial charge in [-0.25, -0.2) is 9.59 Å². The Morgan fingerprint density at radius 1 is 1.38 bits per heavy atom. The van der Waals surface area contributed by atoms with Gasteiger partial charge in [0.05, 0.1) is 0 Å². The molecule has 2 N–H and O–H groups in total. The predicted molar refractivity (Wildman–Crippen MR) is 82.3 cm³/mol. The predicted octanol–water partition coefficient (Wildman–Crippen LogP) is 2.98. The van der Waals surface area contributed by atoms with Crippen molar-refractivity contribution in [3.8, 4) is 0 Å². The van der Waals surface area contributed by atoms with Crippen LogP contribution in [0.1, 0.15) is 25.8 Å². The number of nitrogens with one attached hydrogen (secondary N) is 1. The van der Waals surface area contributed by atoms with Gasteiger partial charge in [0.2, 0.25) is 0 Å². The number of halogens is 1. The first kappa shape index (κ1) is 17.3. The molecule has 0 saturated heterocycles. The number of carbonyl (C=O) groups is 2. The number of hydrogen-bond donors (Lipinski definition) is 2. The Bertz CT molecular complexity index is 505. The van der Waals surface area contributed by atoms with Crippen LogP contribution in [0.5, 0.6) is 0 Å². The second kappa shape index (κ2) is 7.88. The number of urea groups is 1. The fraction of sp³-hybridized carbons (Fsp3) is 0.467. The summed E-state index contributed by atoms with van der Waals surface area (Å²) in [6.07, 6.45) is 0.395. The van der Waals surface area contributed by atoms with E-state index in [0.717, 1.165) is 5.56 Å². The monoisotopic (exact) mass is 312 g/mol. The molecule has 0 aliphatic carbocycles. The van der Waals surface area contributed by atoms with Crippen molar-refractivity contribution in [3.63, 3.8) is 0 Å². The van der Waals surface area contributed by atoms with Crippen LogP contribution in [0.25, 0.3) is 0 Å². The second-order valence-corrected chi connectivity index (χ2v) is 5.89. The zero-order valence-electron chi connectivity index (χ0n) is 12.5. The maximum atomic E-state index is 12.0. The summed E-state index contributed by atoms with van der Waals surface area (Å²) in [5.74, 6) is -0.835. The summed E-state index contributed by atoms with van der Waals surface area (Å²) < 4.78 is 0. The molecule has 1 unspecified atom stereocenters. The van der Waals surface area contributed by atoms with E-state index < -0.39 is 18.0 Å². The van der Waals surface area contributed by atoms with Crippen LogP contribution in [0, 0.1) is 5.92 Å². The molecule has 1 aromatic rings. The molecule has 0 fully saturated rings. The van der Waals surface area contributed by atoms with Gasteiger partial charge in [0.25, 0.3) is 0 Å². The first-order valence-electron chi connectivity index (χ1n) is 6.78. The molecule has 2 amide bonds. The standard InChI is InChI=1S/C15H21ClN2O3/c1-10(2)7-13(14(19)20)17-15(21)18(3)9-11-5-4-6-12(16)8-11/h4-6,8,10,13H,7,9H2,1-3H3,(H,17,21)(H,19,20). The molecule has 116 valence electrons. The number of nitrogens with zero attached hydrogens (tertiary/aromatic N) is 1. The first-order valence-corrected chi connectivity index (χ1v) is 7.16. The SMILES string of the molecule is CC(C)CC(NC(=O)N(C)Cc1cccc(Cl)c1)C(=O)O. The third-order valence-electron chi connectivity index (χ3n) is 2.96. The van der Waals surface area contributed by atoms with Gasteiger partial charge in [-0.1, -0.05) is 37.6 Å². The maximum Gasteiger partial charge on any atom is 0.326 e. The molecule has 0 radical (unpaired) electrons. The largest absolute Gasteiger partial charge is 0.480 e. The zero-order valence-corrected chi connectivity index (χ0v) is 13.2. The number of amides is 2. The molecule has 0 spiro atoms. The van der Waals surface area contributed by atoms with Gasteiger partial charge in [0, 0.05) is 18.6 Å². The smallest absolute Gasteiger partial charge is 0.326 e. The van der Waals surface area contributed by atoms with E-state index in [0.29, 0.717) is 18.0 Å². The Morgan fingerprint density at radius 3 is 2.57 bits per heavy atom. The van der Waals surface area contributed by atoms with E-state index in [9.17, 15) is 9.59 Å². The molecule has 0 saturated carbocycles. The third kappa shape index (κ3) is 6.04. The molecule has 21 heavy (non-hydrogen) atoms. The number of benzene rings is 1. The van der Waals surface area contributed by atoms with E-state index in [-0.39, 0.29) is 5.92 Å². The lowest BCUT2D eigenvalue weighted by Gasteiger charge is -2.22. The lowest BCUT2D eigenvalue weighted by atomic mass is 10.0. The van der Waals surface area contributed by atoms with Crippen molar-refractivity contribution >= 4 is 23.6 Å². The second-order valence-electron chi connectivity index (χ2n) is 5.46. The van der Waals surface area contributed by atoms with Crippen molar-refractivity contribution in [2.24, 2.45) is 5.92 Å². The van der Waals surface area contributed by atoms with Crippen LogP contribution in [0.4, 0.5) is 4.79 Å². The van der Waals surface area contributed by atoms with Gasteiger partial charge < -0.3 is 15.3 Å². The Hall–Kier alpha value is -1.75. The number of carboxylic acids is 1. The van der Waals surface area contributed by atoms with Gasteiger partial charge in [0.15, 0.2) is 0 Å². The Balaban J connectivity index is 2.62. The highest BCUT2D eigenvalue weighted by Crippen LogP contribution is 2.12. The van der Waals surface area contributed by atoms with Crippen LogP contribution < -0.4 is 5.32 Å². The molecule has 1 aromatic carbocycles. The molecule has 5 nitrogen and oxygen atoms in total. The van der Waals surface area contributed by atoms with Gasteiger partial charge >= 0.3 is 12.0 Å². The van der Waals surface area contributed by atoms with E-state index in [1.807, 2.05) is 26.0 Å². The minimum atomic E-state index is -1.02. The minimum absolute atomic E-state index is 0.185. The van der Waals surface area contributed by atoms with Gasteiger partial charge in [-0.15, -0.1) is 0 Å². The van der Waals surface area contributed by atoms with Crippen molar-refractivity contribution in [1.82, 2.24) is 10.2 Å². The average Bonchev–Trinajstić information content (AvgIpc) is 2.37. The Labute approximate surface area is 129 Å². The van der Waals surface area contributed by atoms with Gasteiger partial charge in [-0.3, -0.25) is 0 Å². The first-order chi connectivity index (χ1) is 9.79. The van der Waals surface area contributed by atoms with Crippen molar-refractivity contribution in [2.45, 2.75) is 32.9 Å². The lowest BCUT2D eigenvalue weighted by Crippen LogP contribution is -2.46. The van der Waals surface area contributed by atoms with Crippen molar-refractivity contribution in [1.29, 1.82) is 0 Å². The Kier molecular flexibility index (Phi) is 6.49. The van der Waals surface area contributed by atoms with Gasteiger partial charge in [0.1, 0.15) is 6.04 Å². The van der Waals surface area contributed by atoms with Crippen LogP contribution in [0.2, 0.25) is 5.02 Å². The molecule has 0 aliphatic rings. The topological polar surface area (TPSA) is 69.6 Å². The number of carbonyl (C=O) groups excluding carboxylic acids is 1. The van der Waals surface area contributed by atoms with Crippen LogP contribution in [0.15, 0.2) is 24.3 Å². The average molecular weight is 313 g/mol. The summed E-state index contributed by atoms with van der Waals surface area (Å²) in [4.78, 5) is 24.6. The van der Waals surface area contributed by atoms with E-state index in [1.165, 1.54) is 4.90 Å². The summed E-state index contributed by atoms with van der Waals surface area (Å²) in [5, 5.41) is 12.3. The van der Waals surface area contributed by atoms with E-state index >= 15 is 0 Å². The zero-order chi connectivity index (χ0) is 16.0.